The van der Waals surface area contributed by atoms with Gasteiger partial charge in [-0.2, -0.15) is 0 Å². The third-order valence-corrected chi connectivity index (χ3v) is 9.30. The molecule has 10 nitrogen and oxygen atoms in total. The number of aryl methyl sites for hydroxylation is 1. The van der Waals surface area contributed by atoms with Crippen LogP contribution in [0, 0.1) is 18.8 Å². The molecule has 0 radical (unpaired) electrons. The van der Waals surface area contributed by atoms with E-state index >= 15 is 0 Å². The number of aliphatic hydroxyl groups is 1. The van der Waals surface area contributed by atoms with Crippen molar-refractivity contribution < 1.29 is 32.5 Å². The number of nitrogens with one attached hydrogen (secondary N) is 2. The number of rotatable bonds is 23. The van der Waals surface area contributed by atoms with Gasteiger partial charge in [0.15, 0.2) is 0 Å². The van der Waals surface area contributed by atoms with Gasteiger partial charge in [0.2, 0.25) is 15.9 Å². The first-order valence-corrected chi connectivity index (χ1v) is 18.2. The second kappa shape index (κ2) is 20.5. The van der Waals surface area contributed by atoms with Gasteiger partial charge in [0, 0.05) is 39.6 Å². The number of unbranched alkanes of at least 4 members (excludes halogenated alkanes) is 1. The minimum Gasteiger partial charge on any atom is -0.493 e. The number of carbonyl (C=O) groups is 1. The number of methoxy groups -OCH3 is 1. The van der Waals surface area contributed by atoms with E-state index in [4.69, 9.17) is 14.2 Å². The van der Waals surface area contributed by atoms with E-state index in [1.54, 1.807) is 13.2 Å². The van der Waals surface area contributed by atoms with Gasteiger partial charge in [-0.25, -0.2) is 8.42 Å². The van der Waals surface area contributed by atoms with Crippen molar-refractivity contribution in [2.75, 3.05) is 57.6 Å². The number of carbonyl (C=O) groups excluding carboxylic acids is 1. The highest BCUT2D eigenvalue weighted by Gasteiger charge is 2.29. The second-order valence-corrected chi connectivity index (χ2v) is 14.3. The van der Waals surface area contributed by atoms with Crippen LogP contribution in [-0.4, -0.2) is 84.9 Å². The normalized spacial score (nSPS) is 13.8. The predicted molar refractivity (Wildman–Crippen MR) is 185 cm³/mol. The quantitative estimate of drug-likeness (QED) is 0.149. The lowest BCUT2D eigenvalue weighted by Crippen LogP contribution is -2.47. The Morgan fingerprint density at radius 1 is 1.04 bits per heavy atom. The third-order valence-electron chi connectivity index (χ3n) is 8.09. The summed E-state index contributed by atoms with van der Waals surface area (Å²) in [4.78, 5) is 13.0. The first kappa shape index (κ1) is 39.5. The van der Waals surface area contributed by atoms with Crippen LogP contribution in [0.4, 0.5) is 5.69 Å². The number of aliphatic hydroxyl groups excluding tert-OH is 1. The van der Waals surface area contributed by atoms with Gasteiger partial charge >= 0.3 is 0 Å². The van der Waals surface area contributed by atoms with Crippen molar-refractivity contribution in [1.82, 2.24) is 10.6 Å². The number of hydrogen-bond donors (Lipinski definition) is 3. The van der Waals surface area contributed by atoms with Crippen molar-refractivity contribution in [3.63, 3.8) is 0 Å². The number of sulfonamides is 1. The molecule has 2 aromatic rings. The van der Waals surface area contributed by atoms with Gasteiger partial charge < -0.3 is 30.0 Å². The van der Waals surface area contributed by atoms with Crippen molar-refractivity contribution in [2.45, 2.75) is 78.6 Å². The van der Waals surface area contributed by atoms with Crippen molar-refractivity contribution in [3.05, 3.63) is 59.2 Å². The van der Waals surface area contributed by atoms with Crippen LogP contribution < -0.4 is 19.7 Å². The monoisotopic (exact) mass is 663 g/mol. The summed E-state index contributed by atoms with van der Waals surface area (Å²) in [5.74, 6) is 0.493. The number of ether oxygens (including phenoxy) is 3. The molecule has 2 rings (SSSR count). The van der Waals surface area contributed by atoms with E-state index in [1.807, 2.05) is 57.2 Å². The van der Waals surface area contributed by atoms with Crippen LogP contribution in [0.3, 0.4) is 0 Å². The Labute approximate surface area is 277 Å². The summed E-state index contributed by atoms with van der Waals surface area (Å²) in [6, 6.07) is 13.0. The summed E-state index contributed by atoms with van der Waals surface area (Å²) in [6.07, 6.45) is 3.97. The summed E-state index contributed by atoms with van der Waals surface area (Å²) in [5, 5.41) is 17.9. The van der Waals surface area contributed by atoms with Crippen LogP contribution in [0.25, 0.3) is 0 Å². The molecule has 0 saturated heterocycles. The Balaban J connectivity index is 2.12. The van der Waals surface area contributed by atoms with Gasteiger partial charge in [0.05, 0.1) is 43.9 Å². The molecule has 0 saturated carbocycles. The molecule has 3 N–H and O–H groups in total. The summed E-state index contributed by atoms with van der Waals surface area (Å²) in [5.41, 5.74) is 3.55. The van der Waals surface area contributed by atoms with Crippen LogP contribution in [0.1, 0.15) is 63.1 Å². The van der Waals surface area contributed by atoms with E-state index < -0.39 is 22.2 Å². The lowest BCUT2D eigenvalue weighted by molar-refractivity contribution is -0.127. The van der Waals surface area contributed by atoms with Gasteiger partial charge in [-0.1, -0.05) is 51.5 Å². The highest BCUT2D eigenvalue weighted by molar-refractivity contribution is 7.92. The van der Waals surface area contributed by atoms with Crippen LogP contribution in [-0.2, 0) is 37.3 Å². The Hall–Kier alpha value is -2.70. The largest absolute Gasteiger partial charge is 0.493 e. The van der Waals surface area contributed by atoms with Crippen LogP contribution in [0.2, 0.25) is 0 Å². The van der Waals surface area contributed by atoms with Gasteiger partial charge in [-0.15, -0.1) is 0 Å². The summed E-state index contributed by atoms with van der Waals surface area (Å²) < 4.78 is 42.5. The zero-order chi connectivity index (χ0) is 34.1. The molecular weight excluding hydrogens is 606 g/mol. The average molecular weight is 664 g/mol. The Morgan fingerprint density at radius 3 is 2.48 bits per heavy atom. The molecule has 0 fully saturated rings. The molecule has 0 aliphatic rings. The molecule has 46 heavy (non-hydrogen) atoms. The van der Waals surface area contributed by atoms with E-state index in [-0.39, 0.29) is 24.3 Å². The van der Waals surface area contributed by atoms with Crippen LogP contribution >= 0.6 is 0 Å². The summed E-state index contributed by atoms with van der Waals surface area (Å²) in [7, 11) is -0.170. The topological polar surface area (TPSA) is 126 Å². The smallest absolute Gasteiger partial charge is 0.231 e. The number of amides is 1. The van der Waals surface area contributed by atoms with Crippen molar-refractivity contribution in [2.24, 2.45) is 11.8 Å². The number of benzene rings is 2. The minimum absolute atomic E-state index is 0.0355. The molecule has 3 atom stereocenters. The third kappa shape index (κ3) is 14.0. The molecule has 0 aromatic heterocycles. The van der Waals surface area contributed by atoms with Crippen LogP contribution in [0.15, 0.2) is 42.5 Å². The zero-order valence-electron chi connectivity index (χ0n) is 28.9. The predicted octanol–water partition coefficient (Wildman–Crippen LogP) is 4.46. The standard InChI is InChI=1S/C35H57N3O7S/c1-8-9-17-37-35(40)31(26(2)3)23-33(39)32(36-18-16-28-12-10-13-30(21-28)38(5)46(7,41)42)25-44-24-29-15-14-27(4)34(22-29)45-20-11-19-43-6/h10,12-15,21-22,26,31-33,36,39H,8-9,11,16-20,23-25H2,1-7H3,(H,37,40)/t31-,32-,33-/m0/s1. The molecule has 11 heteroatoms. The van der Waals surface area contributed by atoms with E-state index in [0.29, 0.717) is 51.4 Å². The fraction of sp³-hybridized carbons (Fsp3) is 0.629. The molecule has 1 amide bonds. The van der Waals surface area contributed by atoms with Gasteiger partial charge in [-0.3, -0.25) is 9.10 Å². The maximum absolute atomic E-state index is 13.0. The van der Waals surface area contributed by atoms with Gasteiger partial charge in [0.1, 0.15) is 5.75 Å². The maximum atomic E-state index is 13.0. The van der Waals surface area contributed by atoms with E-state index in [2.05, 4.69) is 17.6 Å². The molecule has 0 aliphatic heterocycles. The Bertz CT molecular complexity index is 1290. The molecule has 2 aromatic carbocycles. The maximum Gasteiger partial charge on any atom is 0.231 e. The first-order chi connectivity index (χ1) is 21.9. The highest BCUT2D eigenvalue weighted by Crippen LogP contribution is 2.22. The van der Waals surface area contributed by atoms with Crippen LogP contribution in [0.5, 0.6) is 5.75 Å². The molecule has 0 spiro atoms. The Morgan fingerprint density at radius 2 is 1.80 bits per heavy atom. The minimum atomic E-state index is -3.37. The van der Waals surface area contributed by atoms with Crippen molar-refractivity contribution >= 4 is 21.6 Å². The Kier molecular flexibility index (Phi) is 17.6. The molecule has 0 unspecified atom stereocenters. The lowest BCUT2D eigenvalue weighted by atomic mass is 9.87. The second-order valence-electron chi connectivity index (χ2n) is 12.3. The molecule has 0 bridgehead atoms. The number of hydrogen-bond acceptors (Lipinski definition) is 8. The SMILES string of the molecule is CCCCNC(=O)[C@@H](C[C@H](O)[C@H](COCc1ccc(C)c(OCCCOC)c1)NCCc1cccc(N(C)S(C)(=O)=O)c1)C(C)C. The fourth-order valence-corrected chi connectivity index (χ4v) is 5.51. The average Bonchev–Trinajstić information content (AvgIpc) is 3.01. The zero-order valence-corrected chi connectivity index (χ0v) is 29.7. The molecular formula is C35H57N3O7S. The fourth-order valence-electron chi connectivity index (χ4n) is 5.01. The van der Waals surface area contributed by atoms with Crippen molar-refractivity contribution in [3.8, 4) is 5.75 Å². The number of anilines is 1. The summed E-state index contributed by atoms with van der Waals surface area (Å²) in [6.45, 7) is 11.0. The molecule has 260 valence electrons. The highest BCUT2D eigenvalue weighted by atomic mass is 32.2. The number of nitrogens with zero attached hydrogens (tertiary/aromatic N) is 1. The van der Waals surface area contributed by atoms with E-state index in [9.17, 15) is 18.3 Å². The first-order valence-electron chi connectivity index (χ1n) is 16.4. The van der Waals surface area contributed by atoms with Gasteiger partial charge in [0.25, 0.3) is 0 Å². The van der Waals surface area contributed by atoms with E-state index in [1.165, 1.54) is 17.6 Å². The molecule has 0 heterocycles. The lowest BCUT2D eigenvalue weighted by Gasteiger charge is -2.29. The summed E-state index contributed by atoms with van der Waals surface area (Å²) >= 11 is 0. The van der Waals surface area contributed by atoms with Crippen molar-refractivity contribution in [1.29, 1.82) is 0 Å². The van der Waals surface area contributed by atoms with Gasteiger partial charge in [-0.05, 0) is 73.5 Å². The van der Waals surface area contributed by atoms with E-state index in [0.717, 1.165) is 41.7 Å². The molecule has 0 aliphatic carbocycles.